The van der Waals surface area contributed by atoms with Gasteiger partial charge < -0.3 is 9.72 Å². The van der Waals surface area contributed by atoms with Crippen molar-refractivity contribution < 1.29 is 14.3 Å². The average Bonchev–Trinajstić information content (AvgIpc) is 3.72. The Morgan fingerprint density at radius 2 is 1.69 bits per heavy atom. The van der Waals surface area contributed by atoms with Crippen LogP contribution in [-0.2, 0) is 16.2 Å². The molecule has 4 aromatic rings. The predicted octanol–water partition coefficient (Wildman–Crippen LogP) is 6.76. The molecule has 0 radical (unpaired) electrons. The van der Waals surface area contributed by atoms with Crippen LogP contribution < -0.4 is 14.5 Å². The molecule has 2 amide bonds. The van der Waals surface area contributed by atoms with Gasteiger partial charge in [0.1, 0.15) is 12.4 Å². The number of carbonyl (C=O) groups excluding carboxylic acids is 2. The van der Waals surface area contributed by atoms with E-state index >= 15 is 0 Å². The van der Waals surface area contributed by atoms with Gasteiger partial charge in [0.05, 0.1) is 22.5 Å². The number of aromatic amines is 1. The van der Waals surface area contributed by atoms with Crippen molar-refractivity contribution >= 4 is 56.5 Å². The molecule has 7 atom stereocenters. The number of anilines is 1. The van der Waals surface area contributed by atoms with Crippen molar-refractivity contribution in [1.82, 2.24) is 4.98 Å². The number of imide groups is 1. The lowest BCUT2D eigenvalue weighted by Gasteiger charge is -2.43. The van der Waals surface area contributed by atoms with E-state index in [-0.39, 0.29) is 57.4 Å². The Morgan fingerprint density at radius 3 is 2.45 bits per heavy atom. The predicted molar refractivity (Wildman–Crippen MR) is 167 cm³/mol. The fraction of sp³-hybridized carbons (Fsp3) is 0.303. The Labute approximate surface area is 259 Å². The molecule has 4 aliphatic rings. The number of nitrogens with one attached hydrogen (secondary N) is 1. The van der Waals surface area contributed by atoms with Crippen LogP contribution in [0.25, 0.3) is 0 Å². The van der Waals surface area contributed by atoms with E-state index in [0.717, 1.165) is 43.2 Å². The lowest BCUT2D eigenvalue weighted by atomic mass is 9.68. The molecule has 5 unspecified atom stereocenters. The molecule has 3 aromatic carbocycles. The summed E-state index contributed by atoms with van der Waals surface area (Å²) in [6.45, 7) is 2.42. The molecule has 8 rings (SSSR count). The van der Waals surface area contributed by atoms with Gasteiger partial charge in [0.2, 0.25) is 11.8 Å². The van der Waals surface area contributed by atoms with E-state index in [0.29, 0.717) is 12.3 Å². The normalized spacial score (nSPS) is 29.0. The zero-order valence-corrected chi connectivity index (χ0v) is 25.9. The third-order valence-electron chi connectivity index (χ3n) is 9.56. The van der Waals surface area contributed by atoms with Gasteiger partial charge in [0.15, 0.2) is 0 Å². The first-order chi connectivity index (χ1) is 20.4. The molecule has 2 bridgehead atoms. The van der Waals surface area contributed by atoms with E-state index in [1.807, 2.05) is 73.7 Å². The highest BCUT2D eigenvalue weighted by atomic mass is 79.9. The van der Waals surface area contributed by atoms with Gasteiger partial charge in [-0.25, -0.2) is 0 Å². The summed E-state index contributed by atoms with van der Waals surface area (Å²) in [7, 11) is 0. The Hall–Kier alpha value is -3.14. The quantitative estimate of drug-likeness (QED) is 0.240. The second kappa shape index (κ2) is 9.96. The highest BCUT2D eigenvalue weighted by Crippen LogP contribution is 2.69. The SMILES string of the molecule is Cc1ccc(N2C(=O)C3C(C2=O)[C@@H]2C[C@H]3C3Sc4[nH]c(=O)sc4C(c4cc(Br)ccc4OCc4ccccc4)C32)cc1. The number of aryl methyl sites for hydroxylation is 1. The van der Waals surface area contributed by atoms with Gasteiger partial charge in [0.25, 0.3) is 0 Å². The molecule has 6 nitrogen and oxygen atoms in total. The van der Waals surface area contributed by atoms with E-state index in [9.17, 15) is 14.4 Å². The number of halogens is 1. The van der Waals surface area contributed by atoms with Crippen LogP contribution in [0.4, 0.5) is 5.69 Å². The van der Waals surface area contributed by atoms with Crippen LogP contribution in [0.5, 0.6) is 5.75 Å². The Morgan fingerprint density at radius 1 is 0.952 bits per heavy atom. The number of carbonyl (C=O) groups is 2. The molecule has 212 valence electrons. The van der Waals surface area contributed by atoms with Gasteiger partial charge in [-0.3, -0.25) is 19.3 Å². The first-order valence-corrected chi connectivity index (χ1v) is 16.7. The number of H-pyrrole nitrogens is 1. The maximum absolute atomic E-state index is 14.0. The van der Waals surface area contributed by atoms with E-state index in [1.54, 1.807) is 11.8 Å². The van der Waals surface area contributed by atoms with Gasteiger partial charge in [-0.15, -0.1) is 11.8 Å². The number of aromatic nitrogens is 1. The molecule has 42 heavy (non-hydrogen) atoms. The molecule has 0 spiro atoms. The van der Waals surface area contributed by atoms with E-state index in [2.05, 4.69) is 27.0 Å². The summed E-state index contributed by atoms with van der Waals surface area (Å²) in [6.07, 6.45) is 0.848. The minimum atomic E-state index is -0.341. The fourth-order valence-corrected chi connectivity index (χ4v) is 11.2. The zero-order chi connectivity index (χ0) is 28.7. The number of ether oxygens (including phenoxy) is 1. The molecular formula is C33H27BrN2O4S2. The number of benzene rings is 3. The Kier molecular flexibility index (Phi) is 6.28. The number of hydrogen-bond donors (Lipinski definition) is 1. The van der Waals surface area contributed by atoms with Gasteiger partial charge in [-0.2, -0.15) is 0 Å². The molecule has 2 saturated carbocycles. The van der Waals surface area contributed by atoms with E-state index in [1.165, 1.54) is 16.2 Å². The zero-order valence-electron chi connectivity index (χ0n) is 22.7. The lowest BCUT2D eigenvalue weighted by Crippen LogP contribution is -2.42. The summed E-state index contributed by atoms with van der Waals surface area (Å²) in [4.78, 5) is 46.1. The molecule has 2 aliphatic heterocycles. The maximum atomic E-state index is 14.0. The number of thiazole rings is 1. The molecule has 1 aromatic heterocycles. The lowest BCUT2D eigenvalue weighted by molar-refractivity contribution is -0.123. The van der Waals surface area contributed by atoms with Crippen LogP contribution >= 0.6 is 39.0 Å². The van der Waals surface area contributed by atoms with Crippen LogP contribution in [-0.4, -0.2) is 22.0 Å². The van der Waals surface area contributed by atoms with Crippen LogP contribution in [0.3, 0.4) is 0 Å². The molecule has 9 heteroatoms. The minimum Gasteiger partial charge on any atom is -0.489 e. The topological polar surface area (TPSA) is 79.5 Å². The molecular weight excluding hydrogens is 632 g/mol. The summed E-state index contributed by atoms with van der Waals surface area (Å²) in [5.74, 6) is 0.0606. The van der Waals surface area contributed by atoms with Crippen LogP contribution in [0, 0.1) is 36.5 Å². The van der Waals surface area contributed by atoms with E-state index < -0.39 is 0 Å². The minimum absolute atomic E-state index is 0.0423. The molecule has 1 N–H and O–H groups in total. The highest BCUT2D eigenvalue weighted by Gasteiger charge is 2.69. The summed E-state index contributed by atoms with van der Waals surface area (Å²) < 4.78 is 7.38. The smallest absolute Gasteiger partial charge is 0.305 e. The van der Waals surface area contributed by atoms with Crippen molar-refractivity contribution in [3.63, 3.8) is 0 Å². The molecule has 3 heterocycles. The largest absolute Gasteiger partial charge is 0.489 e. The maximum Gasteiger partial charge on any atom is 0.305 e. The Balaban J connectivity index is 1.21. The van der Waals surface area contributed by atoms with Gasteiger partial charge >= 0.3 is 4.87 Å². The summed E-state index contributed by atoms with van der Waals surface area (Å²) >= 11 is 6.65. The number of thioether (sulfide) groups is 1. The molecule has 2 aliphatic carbocycles. The third-order valence-corrected chi connectivity index (χ3v) is 12.6. The van der Waals surface area contributed by atoms with Gasteiger partial charge in [-0.1, -0.05) is 75.3 Å². The molecule has 1 saturated heterocycles. The second-order valence-electron chi connectivity index (χ2n) is 11.8. The van der Waals surface area contributed by atoms with Crippen LogP contribution in [0.2, 0.25) is 0 Å². The van der Waals surface area contributed by atoms with Crippen molar-refractivity contribution in [2.75, 3.05) is 4.90 Å². The number of nitrogens with zero attached hydrogens (tertiary/aromatic N) is 1. The third kappa shape index (κ3) is 4.00. The monoisotopic (exact) mass is 658 g/mol. The second-order valence-corrected chi connectivity index (χ2v) is 14.9. The van der Waals surface area contributed by atoms with Crippen molar-refractivity contribution in [2.45, 2.75) is 36.1 Å². The van der Waals surface area contributed by atoms with Gasteiger partial charge in [0, 0.05) is 26.1 Å². The first-order valence-electron chi connectivity index (χ1n) is 14.2. The van der Waals surface area contributed by atoms with Gasteiger partial charge in [-0.05, 0) is 67.0 Å². The summed E-state index contributed by atoms with van der Waals surface area (Å²) in [6, 6.07) is 23.8. The van der Waals surface area contributed by atoms with Crippen LogP contribution in [0.1, 0.15) is 33.9 Å². The van der Waals surface area contributed by atoms with Crippen molar-refractivity contribution in [3.8, 4) is 5.75 Å². The molecule has 3 fully saturated rings. The van der Waals surface area contributed by atoms with Crippen molar-refractivity contribution in [2.24, 2.45) is 29.6 Å². The number of fused-ring (bicyclic) bond motifs is 9. The summed E-state index contributed by atoms with van der Waals surface area (Å²) in [5.41, 5.74) is 3.83. The van der Waals surface area contributed by atoms with Crippen molar-refractivity contribution in [3.05, 3.63) is 109 Å². The van der Waals surface area contributed by atoms with Crippen molar-refractivity contribution in [1.29, 1.82) is 0 Å². The average molecular weight is 660 g/mol. The van der Waals surface area contributed by atoms with E-state index in [4.69, 9.17) is 4.74 Å². The number of amides is 2. The standard InChI is InChI=1S/C33H27BrN2O4S2/c1-16-7-10-19(11-8-16)36-31(37)26-21-14-22(27(26)32(36)38)28-25(21)24(29-30(41-28)35-33(39)42-29)20-13-18(34)9-12-23(20)40-15-17-5-3-2-4-6-17/h2-13,21-22,24-28H,14-15H2,1H3,(H,35,39)/t21-,22-,24?,25?,26?,27?,28?/m1/s1. The number of hydrogen-bond acceptors (Lipinski definition) is 6. The number of rotatable bonds is 5. The first kappa shape index (κ1) is 26.5. The van der Waals surface area contributed by atoms with Crippen LogP contribution in [0.15, 0.2) is 87.1 Å². The highest BCUT2D eigenvalue weighted by molar-refractivity contribution is 9.10. The Bertz CT molecular complexity index is 1790. The summed E-state index contributed by atoms with van der Waals surface area (Å²) in [5, 5.41) is 1.01. The fourth-order valence-electron chi connectivity index (χ4n) is 7.94.